The number of carbonyl (C=O) groups is 1. The summed E-state index contributed by atoms with van der Waals surface area (Å²) >= 11 is 0. The molecule has 0 aliphatic heterocycles. The predicted octanol–water partition coefficient (Wildman–Crippen LogP) is 4.38. The highest BCUT2D eigenvalue weighted by Crippen LogP contribution is 2.43. The van der Waals surface area contributed by atoms with Gasteiger partial charge in [-0.15, -0.1) is 0 Å². The number of halogens is 3. The Bertz CT molecular complexity index is 1070. The lowest BCUT2D eigenvalue weighted by atomic mass is 9.84. The van der Waals surface area contributed by atoms with Crippen molar-refractivity contribution < 1.29 is 37.7 Å². The monoisotopic (exact) mass is 482 g/mol. The molecule has 0 heterocycles. The fraction of sp³-hybridized carbons (Fsp3) is 0.458. The molecule has 4 N–H and O–H groups in total. The third-order valence-corrected chi connectivity index (χ3v) is 5.87. The Labute approximate surface area is 195 Å². The fourth-order valence-electron chi connectivity index (χ4n) is 4.06. The number of hydrogen-bond acceptors (Lipinski definition) is 5. The highest BCUT2D eigenvalue weighted by Gasteiger charge is 2.42. The zero-order chi connectivity index (χ0) is 25.4. The van der Waals surface area contributed by atoms with Gasteiger partial charge in [0, 0.05) is 11.1 Å². The van der Waals surface area contributed by atoms with Gasteiger partial charge in [-0.3, -0.25) is 0 Å². The zero-order valence-electron chi connectivity index (χ0n) is 19.6. The summed E-state index contributed by atoms with van der Waals surface area (Å²) in [5.74, 6) is 0.288. The Hall–Kier alpha value is -2.98. The zero-order valence-corrected chi connectivity index (χ0v) is 19.6. The second-order valence-electron chi connectivity index (χ2n) is 9.22. The van der Waals surface area contributed by atoms with Gasteiger partial charge in [-0.2, -0.15) is 13.2 Å². The fourth-order valence-corrected chi connectivity index (χ4v) is 4.06. The number of anilines is 1. The van der Waals surface area contributed by atoms with Crippen LogP contribution in [-0.4, -0.2) is 42.7 Å². The summed E-state index contributed by atoms with van der Waals surface area (Å²) in [6.45, 7) is 5.38. The van der Waals surface area contributed by atoms with Crippen molar-refractivity contribution in [1.82, 2.24) is 5.32 Å². The first-order valence-electron chi connectivity index (χ1n) is 10.7. The van der Waals surface area contributed by atoms with Crippen LogP contribution in [-0.2, 0) is 11.8 Å². The lowest BCUT2D eigenvalue weighted by Gasteiger charge is -2.26. The van der Waals surface area contributed by atoms with Crippen LogP contribution < -0.4 is 20.1 Å². The van der Waals surface area contributed by atoms with Crippen molar-refractivity contribution in [1.29, 1.82) is 0 Å². The van der Waals surface area contributed by atoms with E-state index >= 15 is 0 Å². The lowest BCUT2D eigenvalue weighted by Crippen LogP contribution is -2.40. The molecule has 1 aliphatic rings. The number of methoxy groups -OCH3 is 2. The summed E-state index contributed by atoms with van der Waals surface area (Å²) < 4.78 is 50.5. The number of nitrogens with one attached hydrogen (secondary N) is 2. The molecule has 0 spiro atoms. The van der Waals surface area contributed by atoms with E-state index in [0.29, 0.717) is 23.3 Å². The summed E-state index contributed by atoms with van der Waals surface area (Å²) in [4.78, 5) is 12.8. The first-order valence-corrected chi connectivity index (χ1v) is 10.7. The van der Waals surface area contributed by atoms with E-state index in [1.54, 1.807) is 39.0 Å². The number of carbonyl (C=O) groups excluding carboxylic acids is 1. The molecule has 0 aromatic heterocycles. The van der Waals surface area contributed by atoms with Crippen LogP contribution in [0.4, 0.5) is 23.7 Å². The smallest absolute Gasteiger partial charge is 0.418 e. The van der Waals surface area contributed by atoms with Crippen LogP contribution in [0.25, 0.3) is 0 Å². The van der Waals surface area contributed by atoms with Crippen molar-refractivity contribution in [3.8, 4) is 11.5 Å². The Morgan fingerprint density at radius 2 is 1.82 bits per heavy atom. The van der Waals surface area contributed by atoms with Crippen LogP contribution in [0.5, 0.6) is 11.5 Å². The van der Waals surface area contributed by atoms with Gasteiger partial charge in [-0.1, -0.05) is 32.9 Å². The molecule has 3 atom stereocenters. The van der Waals surface area contributed by atoms with Gasteiger partial charge in [-0.25, -0.2) is 4.79 Å². The van der Waals surface area contributed by atoms with Crippen molar-refractivity contribution in [3.63, 3.8) is 0 Å². The quantitative estimate of drug-likeness (QED) is 0.507. The molecule has 10 heteroatoms. The average molecular weight is 482 g/mol. The number of fused-ring (bicyclic) bond motifs is 1. The molecule has 0 bridgehead atoms. The van der Waals surface area contributed by atoms with E-state index in [9.17, 15) is 28.2 Å². The summed E-state index contributed by atoms with van der Waals surface area (Å²) in [6.07, 6.45) is -8.40. The predicted molar refractivity (Wildman–Crippen MR) is 120 cm³/mol. The minimum atomic E-state index is -4.93. The molecule has 3 rings (SSSR count). The van der Waals surface area contributed by atoms with Crippen molar-refractivity contribution in [3.05, 3.63) is 52.6 Å². The van der Waals surface area contributed by atoms with Crippen molar-refractivity contribution in [2.24, 2.45) is 0 Å². The van der Waals surface area contributed by atoms with E-state index in [2.05, 4.69) is 10.6 Å². The maximum Gasteiger partial charge on any atom is 0.418 e. The Morgan fingerprint density at radius 1 is 1.15 bits per heavy atom. The maximum atomic E-state index is 13.3. The van der Waals surface area contributed by atoms with Crippen LogP contribution in [0.15, 0.2) is 30.3 Å². The number of hydrogen-bond donors (Lipinski definition) is 4. The van der Waals surface area contributed by atoms with Gasteiger partial charge in [0.1, 0.15) is 11.5 Å². The van der Waals surface area contributed by atoms with E-state index in [4.69, 9.17) is 9.47 Å². The second kappa shape index (κ2) is 9.34. The largest absolute Gasteiger partial charge is 0.496 e. The highest BCUT2D eigenvalue weighted by atomic mass is 19.4. The lowest BCUT2D eigenvalue weighted by molar-refractivity contribution is -0.207. The molecule has 2 aromatic rings. The normalized spacial score (nSPS) is 18.8. The molecule has 7 nitrogen and oxygen atoms in total. The molecule has 0 saturated carbocycles. The molecule has 1 aliphatic carbocycles. The van der Waals surface area contributed by atoms with Gasteiger partial charge in [-0.05, 0) is 41.2 Å². The molecular formula is C24H29F3N2O5. The van der Waals surface area contributed by atoms with E-state index in [1.807, 2.05) is 0 Å². The van der Waals surface area contributed by atoms with Crippen molar-refractivity contribution in [2.45, 2.75) is 57.0 Å². The molecule has 0 saturated heterocycles. The first kappa shape index (κ1) is 25.6. The summed E-state index contributed by atoms with van der Waals surface area (Å²) in [7, 11) is 2.67. The van der Waals surface area contributed by atoms with Crippen LogP contribution in [0.2, 0.25) is 0 Å². The maximum absolute atomic E-state index is 13.3. The van der Waals surface area contributed by atoms with E-state index in [-0.39, 0.29) is 11.4 Å². The molecule has 0 unspecified atom stereocenters. The van der Waals surface area contributed by atoms with Crippen molar-refractivity contribution in [2.75, 3.05) is 19.5 Å². The molecule has 2 amide bonds. The van der Waals surface area contributed by atoms with Crippen molar-refractivity contribution >= 4 is 11.7 Å². The number of urea groups is 1. The molecular weight excluding hydrogens is 453 g/mol. The Balaban J connectivity index is 1.90. The number of ether oxygens (including phenoxy) is 2. The summed E-state index contributed by atoms with van der Waals surface area (Å²) in [6, 6.07) is 6.54. The Morgan fingerprint density at radius 3 is 2.38 bits per heavy atom. The third kappa shape index (κ3) is 5.07. The Kier molecular flexibility index (Phi) is 7.05. The molecule has 0 fully saturated rings. The van der Waals surface area contributed by atoms with Crippen LogP contribution in [0.1, 0.15) is 55.2 Å². The topological polar surface area (TPSA) is 100 Å². The third-order valence-electron chi connectivity index (χ3n) is 5.87. The molecule has 34 heavy (non-hydrogen) atoms. The SMILES string of the molecule is COc1cccc2c1C[C@@H](NC(=O)Nc1cc(C(C)(C)C)cc([C@H](O)C(F)(F)F)c1OC)[C@H]2O. The van der Waals surface area contributed by atoms with Crippen LogP contribution in [0, 0.1) is 0 Å². The van der Waals surface area contributed by atoms with Gasteiger partial charge < -0.3 is 30.3 Å². The van der Waals surface area contributed by atoms with Gasteiger partial charge >= 0.3 is 12.2 Å². The van der Waals surface area contributed by atoms with E-state index in [0.717, 1.165) is 12.7 Å². The average Bonchev–Trinajstić information content (AvgIpc) is 3.06. The summed E-state index contributed by atoms with van der Waals surface area (Å²) in [5, 5.41) is 25.8. The van der Waals surface area contributed by atoms with E-state index in [1.165, 1.54) is 19.2 Å². The standard InChI is InChI=1S/C24H29F3N2O5/c1-23(2,3)12-9-15(21(31)24(25,26)27)20(34-5)17(10-12)29-22(32)28-16-11-14-13(19(16)30)7-6-8-18(14)33-4/h6-10,16,19,21,30-31H,11H2,1-5H3,(H2,28,29,32)/t16-,19+,21+/m1/s1. The number of amides is 2. The number of benzene rings is 2. The molecule has 0 radical (unpaired) electrons. The molecule has 2 aromatic carbocycles. The van der Waals surface area contributed by atoms with Gasteiger partial charge in [0.15, 0.2) is 6.10 Å². The number of alkyl halides is 3. The molecule has 186 valence electrons. The van der Waals surface area contributed by atoms with Crippen LogP contribution >= 0.6 is 0 Å². The first-order chi connectivity index (χ1) is 15.8. The van der Waals surface area contributed by atoms with Gasteiger partial charge in [0.05, 0.1) is 32.1 Å². The van der Waals surface area contributed by atoms with Gasteiger partial charge in [0.2, 0.25) is 0 Å². The van der Waals surface area contributed by atoms with E-state index < -0.39 is 41.4 Å². The second-order valence-corrected chi connectivity index (χ2v) is 9.22. The highest BCUT2D eigenvalue weighted by molar-refractivity contribution is 5.92. The summed E-state index contributed by atoms with van der Waals surface area (Å²) in [5.41, 5.74) is 0.737. The number of rotatable bonds is 5. The van der Waals surface area contributed by atoms with Gasteiger partial charge in [0.25, 0.3) is 0 Å². The minimum Gasteiger partial charge on any atom is -0.496 e. The number of aliphatic hydroxyl groups is 2. The number of aliphatic hydroxyl groups excluding tert-OH is 2. The minimum absolute atomic E-state index is 0.0340. The van der Waals surface area contributed by atoms with Crippen LogP contribution in [0.3, 0.4) is 0 Å².